The van der Waals surface area contributed by atoms with E-state index < -0.39 is 38.2 Å². The van der Waals surface area contributed by atoms with Crippen LogP contribution in [0.1, 0.15) is 13.2 Å². The third kappa shape index (κ3) is 2.31. The van der Waals surface area contributed by atoms with Crippen LogP contribution in [0.25, 0.3) is 11.2 Å². The molecule has 0 amide bonds. The van der Waals surface area contributed by atoms with E-state index in [2.05, 4.69) is 15.0 Å². The zero-order valence-corrected chi connectivity index (χ0v) is 14.5. The molecular formula is C13H18N6O5P+. The summed E-state index contributed by atoms with van der Waals surface area (Å²) in [4.78, 5) is 12.2. The highest BCUT2D eigenvalue weighted by Crippen LogP contribution is 2.50. The van der Waals surface area contributed by atoms with Crippen molar-refractivity contribution in [2.45, 2.75) is 37.1 Å². The Bertz CT molecular complexity index is 861. The van der Waals surface area contributed by atoms with Crippen LogP contribution in [0.5, 0.6) is 0 Å². The molecule has 25 heavy (non-hydrogen) atoms. The molecule has 11 nitrogen and oxygen atoms in total. The Balaban J connectivity index is 1.73. The van der Waals surface area contributed by atoms with E-state index in [4.69, 9.17) is 25.5 Å². The van der Waals surface area contributed by atoms with E-state index in [-0.39, 0.29) is 18.4 Å². The van der Waals surface area contributed by atoms with Crippen molar-refractivity contribution in [1.29, 1.82) is 0 Å². The molecular weight excluding hydrogens is 351 g/mol. The number of aliphatic hydroxyl groups excluding tert-OH is 1. The number of ether oxygens (including phenoxy) is 2. The lowest BCUT2D eigenvalue weighted by atomic mass is 9.94. The lowest BCUT2D eigenvalue weighted by Gasteiger charge is -2.34. The minimum absolute atomic E-state index is 0.00534. The molecule has 4 heterocycles. The van der Waals surface area contributed by atoms with Crippen LogP contribution in [0.4, 0.5) is 11.8 Å². The van der Waals surface area contributed by atoms with Crippen molar-refractivity contribution in [3.63, 3.8) is 0 Å². The molecule has 0 radical (unpaired) electrons. The van der Waals surface area contributed by atoms with E-state index in [1.807, 2.05) is 0 Å². The highest BCUT2D eigenvalue weighted by molar-refractivity contribution is 7.38. The molecule has 0 aliphatic carbocycles. The topological polar surface area (TPSA) is 161 Å². The van der Waals surface area contributed by atoms with Crippen LogP contribution in [-0.4, -0.2) is 61.8 Å². The molecule has 12 heteroatoms. The summed E-state index contributed by atoms with van der Waals surface area (Å²) in [5.41, 5.74) is 11.1. The lowest BCUT2D eigenvalue weighted by molar-refractivity contribution is -0.213. The van der Waals surface area contributed by atoms with Gasteiger partial charge in [-0.25, -0.2) is 4.98 Å². The number of hydrogen-bond donors (Lipinski definition) is 3. The molecule has 2 aliphatic rings. The van der Waals surface area contributed by atoms with Gasteiger partial charge in [-0.2, -0.15) is 9.97 Å². The number of anilines is 2. The molecule has 0 spiro atoms. The molecule has 2 saturated heterocycles. The maximum Gasteiger partial charge on any atom is 0.504 e. The van der Waals surface area contributed by atoms with Gasteiger partial charge >= 0.3 is 8.03 Å². The van der Waals surface area contributed by atoms with E-state index in [1.165, 1.54) is 13.0 Å². The molecule has 5 N–H and O–H groups in total. The van der Waals surface area contributed by atoms with Crippen molar-refractivity contribution >= 4 is 31.0 Å². The molecule has 0 saturated carbocycles. The summed E-state index contributed by atoms with van der Waals surface area (Å²) < 4.78 is 30.1. The van der Waals surface area contributed by atoms with Crippen LogP contribution in [-0.2, 0) is 18.6 Å². The molecule has 4 rings (SSSR count). The smallest absolute Gasteiger partial charge is 0.387 e. The van der Waals surface area contributed by atoms with Gasteiger partial charge in [0.15, 0.2) is 30.0 Å². The summed E-state index contributed by atoms with van der Waals surface area (Å²) in [6, 6.07) is 0. The third-order valence-corrected chi connectivity index (χ3v) is 5.19. The number of rotatable bonds is 4. The fourth-order valence-corrected chi connectivity index (χ4v) is 3.79. The van der Waals surface area contributed by atoms with E-state index in [0.717, 1.165) is 0 Å². The van der Waals surface area contributed by atoms with Crippen molar-refractivity contribution in [2.24, 2.45) is 0 Å². The SMILES string of the molecule is CC1O[C@H]2[C@H](n3cnc4c(N)nc(N)nc43)O[C@]1(CO[P+](C)=O)[C@H]2O. The Morgan fingerprint density at radius 3 is 2.96 bits per heavy atom. The predicted molar refractivity (Wildman–Crippen MR) is 86.8 cm³/mol. The van der Waals surface area contributed by atoms with Crippen LogP contribution < -0.4 is 11.5 Å². The number of aliphatic hydroxyl groups is 1. The molecule has 2 unspecified atom stereocenters. The Labute approximate surface area is 143 Å². The Morgan fingerprint density at radius 1 is 1.48 bits per heavy atom. The normalized spacial score (nSPS) is 34.8. The predicted octanol–water partition coefficient (Wildman–Crippen LogP) is -0.205. The first-order valence-electron chi connectivity index (χ1n) is 7.64. The quantitative estimate of drug-likeness (QED) is 0.615. The number of nitrogens with zero attached hydrogens (tertiary/aromatic N) is 4. The fraction of sp³-hybridized carbons (Fsp3) is 0.615. The second kappa shape index (κ2) is 5.55. The van der Waals surface area contributed by atoms with E-state index >= 15 is 0 Å². The number of aromatic nitrogens is 4. The third-order valence-electron chi connectivity index (χ3n) is 4.69. The van der Waals surface area contributed by atoms with Gasteiger partial charge in [0.2, 0.25) is 5.95 Å². The first kappa shape index (κ1) is 16.6. The van der Waals surface area contributed by atoms with Crippen LogP contribution in [0.2, 0.25) is 0 Å². The van der Waals surface area contributed by atoms with Gasteiger partial charge in [0.05, 0.1) is 12.4 Å². The summed E-state index contributed by atoms with van der Waals surface area (Å²) in [5, 5.41) is 10.7. The Hall–Kier alpha value is -1.91. The monoisotopic (exact) mass is 369 g/mol. The average molecular weight is 369 g/mol. The average Bonchev–Trinajstić information content (AvgIpc) is 3.14. The van der Waals surface area contributed by atoms with Crippen LogP contribution in [0.15, 0.2) is 6.33 Å². The number of nitrogens with two attached hydrogens (primary N) is 2. The zero-order valence-electron chi connectivity index (χ0n) is 13.6. The molecule has 2 aromatic heterocycles. The Morgan fingerprint density at radius 2 is 2.24 bits per heavy atom. The summed E-state index contributed by atoms with van der Waals surface area (Å²) in [5.74, 6) is 0.158. The van der Waals surface area contributed by atoms with Gasteiger partial charge < -0.3 is 26.0 Å². The molecule has 0 aromatic carbocycles. The molecule has 6 atom stereocenters. The molecule has 2 bridgehead atoms. The van der Waals surface area contributed by atoms with E-state index in [9.17, 15) is 9.67 Å². The summed E-state index contributed by atoms with van der Waals surface area (Å²) in [7, 11) is -1.84. The van der Waals surface area contributed by atoms with Crippen molar-refractivity contribution in [3.05, 3.63) is 6.33 Å². The molecule has 2 aliphatic heterocycles. The van der Waals surface area contributed by atoms with Gasteiger partial charge in [-0.15, -0.1) is 4.52 Å². The van der Waals surface area contributed by atoms with Crippen molar-refractivity contribution in [2.75, 3.05) is 24.7 Å². The first-order chi connectivity index (χ1) is 11.8. The molecule has 2 aromatic rings. The molecule has 2 fully saturated rings. The van der Waals surface area contributed by atoms with Gasteiger partial charge in [-0.05, 0) is 11.5 Å². The maximum atomic E-state index is 11.3. The highest BCUT2D eigenvalue weighted by atomic mass is 31.1. The lowest BCUT2D eigenvalue weighted by Crippen LogP contribution is -2.49. The number of nitrogen functional groups attached to an aromatic ring is 2. The standard InChI is InChI=1S/C13H18N6O5P/c1-5-13(3-22-25(2)21)8(20)7(23-5)11(24-13)19-4-16-6-9(14)17-12(15)18-10(6)19/h4-5,7-8,11,20H,3H2,1-2H3,(H4,14,15,17,18)/q+1/t5?,7-,8+,11-,13+/m1/s1. The van der Waals surface area contributed by atoms with Crippen molar-refractivity contribution < 1.29 is 23.7 Å². The first-order valence-corrected chi connectivity index (χ1v) is 9.26. The van der Waals surface area contributed by atoms with Gasteiger partial charge in [-0.1, -0.05) is 0 Å². The van der Waals surface area contributed by atoms with E-state index in [0.29, 0.717) is 11.2 Å². The molecule has 134 valence electrons. The van der Waals surface area contributed by atoms with Gasteiger partial charge in [0.25, 0.3) is 0 Å². The summed E-state index contributed by atoms with van der Waals surface area (Å²) in [6.07, 6.45) is -1.28. The number of fused-ring (bicyclic) bond motifs is 3. The summed E-state index contributed by atoms with van der Waals surface area (Å²) >= 11 is 0. The number of hydrogen-bond acceptors (Lipinski definition) is 10. The van der Waals surface area contributed by atoms with Crippen LogP contribution >= 0.6 is 8.03 Å². The van der Waals surface area contributed by atoms with Crippen molar-refractivity contribution in [1.82, 2.24) is 19.5 Å². The largest absolute Gasteiger partial charge is 0.504 e. The van der Waals surface area contributed by atoms with Gasteiger partial charge in [0, 0.05) is 0 Å². The van der Waals surface area contributed by atoms with E-state index in [1.54, 1.807) is 11.5 Å². The summed E-state index contributed by atoms with van der Waals surface area (Å²) in [6.45, 7) is 3.16. The van der Waals surface area contributed by atoms with Crippen LogP contribution in [0, 0.1) is 0 Å². The zero-order chi connectivity index (χ0) is 17.9. The maximum absolute atomic E-state index is 11.3. The van der Waals surface area contributed by atoms with Crippen molar-refractivity contribution in [3.8, 4) is 0 Å². The second-order valence-corrected chi connectivity index (χ2v) is 7.29. The number of imidazole rings is 1. The fourth-order valence-electron chi connectivity index (χ4n) is 3.41. The van der Waals surface area contributed by atoms with Gasteiger partial charge in [-0.3, -0.25) is 4.57 Å². The van der Waals surface area contributed by atoms with Crippen LogP contribution in [0.3, 0.4) is 0 Å². The highest BCUT2D eigenvalue weighted by Gasteiger charge is 2.66. The minimum atomic E-state index is -1.84. The Kier molecular flexibility index (Phi) is 3.67. The minimum Gasteiger partial charge on any atom is -0.387 e. The van der Waals surface area contributed by atoms with Gasteiger partial charge in [0.1, 0.15) is 24.3 Å². The second-order valence-electron chi connectivity index (χ2n) is 6.16.